The van der Waals surface area contributed by atoms with Crippen molar-refractivity contribution in [2.45, 2.75) is 26.3 Å². The zero-order valence-electron chi connectivity index (χ0n) is 14.2. The second-order valence-corrected chi connectivity index (χ2v) is 5.17. The van der Waals surface area contributed by atoms with Gasteiger partial charge in [0.2, 0.25) is 5.91 Å². The highest BCUT2D eigenvalue weighted by molar-refractivity contribution is 5.87. The quantitative estimate of drug-likeness (QED) is 0.334. The number of halogens is 2. The van der Waals surface area contributed by atoms with Crippen LogP contribution in [0, 0.1) is 0 Å². The Bertz CT molecular complexity index is 712. The molecular formula is C16H22Cl2N6O2. The minimum absolute atomic E-state index is 0. The highest BCUT2D eigenvalue weighted by Gasteiger charge is 2.05. The van der Waals surface area contributed by atoms with Crippen molar-refractivity contribution >= 4 is 42.6 Å². The third kappa shape index (κ3) is 7.64. The van der Waals surface area contributed by atoms with Gasteiger partial charge in [0.25, 0.3) is 0 Å². The molecule has 2 aromatic rings. The first-order valence-corrected chi connectivity index (χ1v) is 7.48. The van der Waals surface area contributed by atoms with Crippen molar-refractivity contribution in [1.29, 1.82) is 0 Å². The van der Waals surface area contributed by atoms with Gasteiger partial charge in [0, 0.05) is 13.5 Å². The van der Waals surface area contributed by atoms with Gasteiger partial charge in [-0.2, -0.15) is 0 Å². The Morgan fingerprint density at radius 3 is 2.31 bits per heavy atom. The van der Waals surface area contributed by atoms with Crippen LogP contribution in [0.2, 0.25) is 0 Å². The van der Waals surface area contributed by atoms with E-state index in [2.05, 4.69) is 20.6 Å². The molecule has 0 spiro atoms. The Balaban J connectivity index is 0.00000312. The second kappa shape index (κ2) is 12.0. The minimum atomic E-state index is -0.427. The average Bonchev–Trinajstić information content (AvgIpc) is 2.59. The van der Waals surface area contributed by atoms with Gasteiger partial charge in [-0.25, -0.2) is 15.6 Å². The first-order chi connectivity index (χ1) is 11.6. The number of aromatic nitrogens is 2. The zero-order chi connectivity index (χ0) is 17.4. The molecule has 26 heavy (non-hydrogen) atoms. The van der Waals surface area contributed by atoms with Gasteiger partial charge in [-0.1, -0.05) is 24.3 Å². The molecule has 0 unspecified atom stereocenters. The van der Waals surface area contributed by atoms with Crippen LogP contribution in [0.4, 0.5) is 10.6 Å². The van der Waals surface area contributed by atoms with Crippen molar-refractivity contribution in [3.8, 4) is 0 Å². The summed E-state index contributed by atoms with van der Waals surface area (Å²) in [4.78, 5) is 30.6. The van der Waals surface area contributed by atoms with Crippen molar-refractivity contribution in [3.05, 3.63) is 53.5 Å². The van der Waals surface area contributed by atoms with Crippen LogP contribution in [0.15, 0.2) is 36.7 Å². The van der Waals surface area contributed by atoms with Crippen LogP contribution >= 0.6 is 24.8 Å². The summed E-state index contributed by atoms with van der Waals surface area (Å²) in [5.74, 6) is 5.30. The molecule has 0 aliphatic carbocycles. The maximum atomic E-state index is 11.2. The molecule has 0 atom stereocenters. The van der Waals surface area contributed by atoms with Gasteiger partial charge in [0.05, 0.1) is 18.1 Å². The van der Waals surface area contributed by atoms with Crippen molar-refractivity contribution < 1.29 is 9.59 Å². The Morgan fingerprint density at radius 2 is 1.73 bits per heavy atom. The number of hydrazine groups is 1. The van der Waals surface area contributed by atoms with Gasteiger partial charge in [0.1, 0.15) is 0 Å². The highest BCUT2D eigenvalue weighted by atomic mass is 35.5. The molecule has 3 amide bonds. The lowest BCUT2D eigenvalue weighted by atomic mass is 10.0. The average molecular weight is 401 g/mol. The number of carbonyl (C=O) groups excluding carboxylic acids is 2. The van der Waals surface area contributed by atoms with Gasteiger partial charge < -0.3 is 10.6 Å². The molecule has 0 fully saturated rings. The van der Waals surface area contributed by atoms with E-state index < -0.39 is 6.03 Å². The number of rotatable bonds is 6. The number of nitrogens with two attached hydrogens (primary N) is 1. The van der Waals surface area contributed by atoms with E-state index in [1.54, 1.807) is 6.20 Å². The standard InChI is InChI=1S/C16H20N6O2.2ClH/c1-11(23)21-15-10-18-14(9-19-15)7-6-12-4-2-3-5-13(12)8-20-16(24)22-17;;/h2-5,9-10H,6-8,17H2,1H3,(H,19,21,23)(H2,20,22,24);2*1H. The molecule has 0 radical (unpaired) electrons. The fraction of sp³-hybridized carbons (Fsp3) is 0.250. The molecule has 0 bridgehead atoms. The third-order valence-corrected chi connectivity index (χ3v) is 3.35. The van der Waals surface area contributed by atoms with Crippen LogP contribution in [-0.4, -0.2) is 21.9 Å². The van der Waals surface area contributed by atoms with Gasteiger partial charge in [-0.3, -0.25) is 15.2 Å². The number of urea groups is 1. The molecule has 142 valence electrons. The molecule has 2 rings (SSSR count). The van der Waals surface area contributed by atoms with E-state index in [-0.39, 0.29) is 30.7 Å². The van der Waals surface area contributed by atoms with Gasteiger partial charge in [0.15, 0.2) is 5.82 Å². The molecule has 0 saturated heterocycles. The number of benzene rings is 1. The van der Waals surface area contributed by atoms with E-state index in [9.17, 15) is 9.59 Å². The molecule has 0 saturated carbocycles. The Kier molecular flexibility index (Phi) is 10.9. The third-order valence-electron chi connectivity index (χ3n) is 3.35. The van der Waals surface area contributed by atoms with Crippen LogP contribution in [-0.2, 0) is 24.2 Å². The van der Waals surface area contributed by atoms with Crippen LogP contribution in [0.1, 0.15) is 23.7 Å². The molecule has 0 aliphatic heterocycles. The van der Waals surface area contributed by atoms with Crippen molar-refractivity contribution in [2.75, 3.05) is 5.32 Å². The number of nitrogens with zero attached hydrogens (tertiary/aromatic N) is 2. The SMILES string of the molecule is CC(=O)Nc1cnc(CCc2ccccc2CNC(=O)NN)cn1.Cl.Cl. The number of carbonyl (C=O) groups is 2. The highest BCUT2D eigenvalue weighted by Crippen LogP contribution is 2.12. The van der Waals surface area contributed by atoms with E-state index in [4.69, 9.17) is 5.84 Å². The second-order valence-electron chi connectivity index (χ2n) is 5.17. The van der Waals surface area contributed by atoms with Crippen LogP contribution in [0.3, 0.4) is 0 Å². The number of anilines is 1. The van der Waals surface area contributed by atoms with Gasteiger partial charge in [-0.05, 0) is 24.0 Å². The Hall–Kier alpha value is -2.42. The van der Waals surface area contributed by atoms with Crippen LogP contribution in [0.5, 0.6) is 0 Å². The lowest BCUT2D eigenvalue weighted by Gasteiger charge is -2.10. The number of aryl methyl sites for hydroxylation is 2. The maximum absolute atomic E-state index is 11.2. The molecule has 5 N–H and O–H groups in total. The summed E-state index contributed by atoms with van der Waals surface area (Å²) >= 11 is 0. The summed E-state index contributed by atoms with van der Waals surface area (Å²) < 4.78 is 0. The molecule has 1 heterocycles. The fourth-order valence-corrected chi connectivity index (χ4v) is 2.19. The van der Waals surface area contributed by atoms with E-state index in [1.165, 1.54) is 13.1 Å². The topological polar surface area (TPSA) is 122 Å². The molecular weight excluding hydrogens is 379 g/mol. The zero-order valence-corrected chi connectivity index (χ0v) is 15.8. The summed E-state index contributed by atoms with van der Waals surface area (Å²) in [5, 5.41) is 5.25. The van der Waals surface area contributed by atoms with Crippen molar-refractivity contribution in [3.63, 3.8) is 0 Å². The summed E-state index contributed by atoms with van der Waals surface area (Å²) in [6, 6.07) is 7.41. The van der Waals surface area contributed by atoms with Crippen molar-refractivity contribution in [2.24, 2.45) is 5.84 Å². The van der Waals surface area contributed by atoms with Crippen molar-refractivity contribution in [1.82, 2.24) is 20.7 Å². The number of amides is 3. The van der Waals surface area contributed by atoms with Gasteiger partial charge in [-0.15, -0.1) is 24.8 Å². The fourth-order valence-electron chi connectivity index (χ4n) is 2.19. The smallest absolute Gasteiger partial charge is 0.329 e. The monoisotopic (exact) mass is 400 g/mol. The van der Waals surface area contributed by atoms with E-state index in [0.29, 0.717) is 18.8 Å². The summed E-state index contributed by atoms with van der Waals surface area (Å²) in [6.45, 7) is 1.82. The molecule has 1 aromatic heterocycles. The molecule has 8 nitrogen and oxygen atoms in total. The Labute approximate surface area is 164 Å². The predicted molar refractivity (Wildman–Crippen MR) is 104 cm³/mol. The van der Waals surface area contributed by atoms with Gasteiger partial charge >= 0.3 is 6.03 Å². The first-order valence-electron chi connectivity index (χ1n) is 7.48. The summed E-state index contributed by atoms with van der Waals surface area (Å²) in [6.07, 6.45) is 4.65. The normalized spacial score (nSPS) is 9.31. The largest absolute Gasteiger partial charge is 0.333 e. The maximum Gasteiger partial charge on any atom is 0.329 e. The number of nitrogens with one attached hydrogen (secondary N) is 3. The lowest BCUT2D eigenvalue weighted by molar-refractivity contribution is -0.114. The first kappa shape index (κ1) is 23.6. The van der Waals surface area contributed by atoms with E-state index >= 15 is 0 Å². The number of hydrogen-bond acceptors (Lipinski definition) is 5. The molecule has 1 aromatic carbocycles. The van der Waals surface area contributed by atoms with Crippen LogP contribution < -0.4 is 21.9 Å². The van der Waals surface area contributed by atoms with E-state index in [0.717, 1.165) is 23.2 Å². The Morgan fingerprint density at radius 1 is 1.04 bits per heavy atom. The lowest BCUT2D eigenvalue weighted by Crippen LogP contribution is -2.39. The number of hydrogen-bond donors (Lipinski definition) is 4. The summed E-state index contributed by atoms with van der Waals surface area (Å²) in [7, 11) is 0. The predicted octanol–water partition coefficient (Wildman–Crippen LogP) is 1.74. The van der Waals surface area contributed by atoms with E-state index in [1.807, 2.05) is 29.7 Å². The summed E-state index contributed by atoms with van der Waals surface area (Å²) in [5.41, 5.74) is 4.99. The van der Waals surface area contributed by atoms with Crippen LogP contribution in [0.25, 0.3) is 0 Å². The minimum Gasteiger partial charge on any atom is -0.333 e. The molecule has 10 heteroatoms. The molecule has 0 aliphatic rings.